The van der Waals surface area contributed by atoms with E-state index in [1.54, 1.807) is 12.1 Å². The van der Waals surface area contributed by atoms with Crippen LogP contribution in [0, 0.1) is 23.1 Å². The third kappa shape index (κ3) is 6.05. The smallest absolute Gasteiger partial charge is 0.225 e. The van der Waals surface area contributed by atoms with Crippen LogP contribution in [0.4, 0.5) is 21.2 Å². The molecule has 0 saturated carbocycles. The molecule has 0 atom stereocenters. The highest BCUT2D eigenvalue weighted by Gasteiger charge is 2.30. The topological polar surface area (TPSA) is 93.7 Å². The van der Waals surface area contributed by atoms with Crippen LogP contribution in [0.15, 0.2) is 60.9 Å². The van der Waals surface area contributed by atoms with Crippen molar-refractivity contribution in [3.63, 3.8) is 0 Å². The first-order chi connectivity index (χ1) is 22.9. The molecule has 0 bridgehead atoms. The van der Waals surface area contributed by atoms with Crippen LogP contribution in [0.25, 0.3) is 28.0 Å². The van der Waals surface area contributed by atoms with Crippen molar-refractivity contribution < 1.29 is 9.18 Å². The van der Waals surface area contributed by atoms with Gasteiger partial charge < -0.3 is 14.7 Å². The Morgan fingerprint density at radius 3 is 2.38 bits per heavy atom. The molecule has 1 amide bonds. The number of benzene rings is 1. The average molecular weight is 649 g/mol. The van der Waals surface area contributed by atoms with Crippen molar-refractivity contribution in [2.24, 2.45) is 5.92 Å². The minimum Gasteiger partial charge on any atom is -0.357 e. The monoisotopic (exact) mass is 648 g/mol. The summed E-state index contributed by atoms with van der Waals surface area (Å²) in [6, 6.07) is 16.5. The van der Waals surface area contributed by atoms with Gasteiger partial charge in [-0.2, -0.15) is 5.26 Å². The lowest BCUT2D eigenvalue weighted by molar-refractivity contribution is -0.137. The minimum absolute atomic E-state index is 0.122. The summed E-state index contributed by atoms with van der Waals surface area (Å²) in [4.78, 5) is 34.4. The van der Waals surface area contributed by atoms with Crippen LogP contribution in [0.1, 0.15) is 49.6 Å². The number of hydrogen-bond donors (Lipinski definition) is 0. The van der Waals surface area contributed by atoms with E-state index in [1.165, 1.54) is 29.9 Å². The maximum absolute atomic E-state index is 13.6. The van der Waals surface area contributed by atoms with E-state index in [0.29, 0.717) is 33.6 Å². The van der Waals surface area contributed by atoms with Crippen molar-refractivity contribution in [1.29, 1.82) is 5.26 Å². The van der Waals surface area contributed by atoms with Gasteiger partial charge in [-0.1, -0.05) is 18.3 Å². The molecule has 4 aromatic heterocycles. The van der Waals surface area contributed by atoms with E-state index in [4.69, 9.17) is 15.0 Å². The quantitative estimate of drug-likeness (QED) is 0.186. The van der Waals surface area contributed by atoms with Gasteiger partial charge in [0.15, 0.2) is 5.13 Å². The molecule has 240 valence electrons. The Morgan fingerprint density at radius 1 is 0.979 bits per heavy atom. The number of pyridine rings is 2. The van der Waals surface area contributed by atoms with Gasteiger partial charge in [0.1, 0.15) is 39.7 Å². The summed E-state index contributed by atoms with van der Waals surface area (Å²) >= 11 is 1.30. The fourth-order valence-electron chi connectivity index (χ4n) is 6.74. The zero-order chi connectivity index (χ0) is 32.5. The Morgan fingerprint density at radius 2 is 1.70 bits per heavy atom. The lowest BCUT2D eigenvalue weighted by Crippen LogP contribution is -2.44. The molecule has 6 heterocycles. The van der Waals surface area contributed by atoms with Crippen molar-refractivity contribution in [3.05, 3.63) is 77.3 Å². The molecule has 0 radical (unpaired) electrons. The zero-order valence-electron chi connectivity index (χ0n) is 26.7. The molecule has 47 heavy (non-hydrogen) atoms. The number of piperidine rings is 2. The number of carbonyl (C=O) groups excluding carboxylic acids is 1. The van der Waals surface area contributed by atoms with E-state index in [2.05, 4.69) is 51.6 Å². The summed E-state index contributed by atoms with van der Waals surface area (Å²) in [6.07, 6.45) is 9.92. The SMILES string of the molecule is CCc1nc2ccc(-c3ccc(N4CCC(C(=O)N5CCCCC5)CC4)nc3)cn2c1N(C)c1nc(-c2ccc(F)cc2)c(C#N)s1. The number of carbonyl (C=O) groups is 1. The Kier molecular flexibility index (Phi) is 8.60. The largest absolute Gasteiger partial charge is 0.357 e. The number of amides is 1. The van der Waals surface area contributed by atoms with Crippen molar-refractivity contribution in [1.82, 2.24) is 24.3 Å². The molecule has 9 nitrogen and oxygen atoms in total. The Hall–Kier alpha value is -4.82. The Labute approximate surface area is 277 Å². The fraction of sp³-hybridized carbons (Fsp3) is 0.361. The van der Waals surface area contributed by atoms with Crippen molar-refractivity contribution >= 4 is 39.7 Å². The number of likely N-dealkylation sites (tertiary alicyclic amines) is 1. The van der Waals surface area contributed by atoms with Crippen molar-refractivity contribution in [2.45, 2.75) is 45.4 Å². The van der Waals surface area contributed by atoms with Crippen LogP contribution in [-0.4, -0.2) is 63.4 Å². The number of anilines is 3. The molecule has 0 unspecified atom stereocenters. The van der Waals surface area contributed by atoms with Gasteiger partial charge in [-0.05, 0) is 87.1 Å². The summed E-state index contributed by atoms with van der Waals surface area (Å²) in [5, 5.41) is 10.5. The molecule has 11 heteroatoms. The van der Waals surface area contributed by atoms with Gasteiger partial charge in [-0.25, -0.2) is 19.3 Å². The number of aryl methyl sites for hydroxylation is 1. The van der Waals surface area contributed by atoms with Crippen LogP contribution in [0.5, 0.6) is 0 Å². The Bertz CT molecular complexity index is 1930. The second-order valence-corrected chi connectivity index (χ2v) is 13.3. The number of halogens is 1. The molecule has 0 aliphatic carbocycles. The number of rotatable bonds is 7. The van der Waals surface area contributed by atoms with Gasteiger partial charge in [-0.15, -0.1) is 0 Å². The Balaban J connectivity index is 1.11. The third-order valence-electron chi connectivity index (χ3n) is 9.35. The maximum Gasteiger partial charge on any atom is 0.225 e. The predicted octanol–water partition coefficient (Wildman–Crippen LogP) is 7.09. The highest BCUT2D eigenvalue weighted by atomic mass is 32.1. The molecule has 1 aromatic carbocycles. The number of hydrogen-bond acceptors (Lipinski definition) is 8. The number of imidazole rings is 1. The average Bonchev–Trinajstić information content (AvgIpc) is 3.73. The second kappa shape index (κ2) is 13.1. The first-order valence-electron chi connectivity index (χ1n) is 16.3. The lowest BCUT2D eigenvalue weighted by atomic mass is 9.94. The van der Waals surface area contributed by atoms with Crippen LogP contribution >= 0.6 is 11.3 Å². The van der Waals surface area contributed by atoms with E-state index in [9.17, 15) is 14.4 Å². The first kappa shape index (κ1) is 30.8. The minimum atomic E-state index is -0.334. The molecule has 5 aromatic rings. The van der Waals surface area contributed by atoms with Gasteiger partial charge in [-0.3, -0.25) is 9.20 Å². The molecule has 2 saturated heterocycles. The third-order valence-corrected chi connectivity index (χ3v) is 10.4. The van der Waals surface area contributed by atoms with Crippen LogP contribution in [0.3, 0.4) is 0 Å². The van der Waals surface area contributed by atoms with E-state index in [-0.39, 0.29) is 11.7 Å². The highest BCUT2D eigenvalue weighted by Crippen LogP contribution is 2.37. The first-order valence-corrected chi connectivity index (χ1v) is 17.2. The van der Waals surface area contributed by atoms with E-state index < -0.39 is 0 Å². The van der Waals surface area contributed by atoms with Gasteiger partial charge >= 0.3 is 0 Å². The molecule has 0 N–H and O–H groups in total. The van der Waals surface area contributed by atoms with Crippen LogP contribution in [0.2, 0.25) is 0 Å². The molecule has 0 spiro atoms. The molecule has 2 fully saturated rings. The van der Waals surface area contributed by atoms with Crippen molar-refractivity contribution in [3.8, 4) is 28.5 Å². The lowest BCUT2D eigenvalue weighted by Gasteiger charge is -2.36. The highest BCUT2D eigenvalue weighted by molar-refractivity contribution is 7.16. The summed E-state index contributed by atoms with van der Waals surface area (Å²) < 4.78 is 15.6. The summed E-state index contributed by atoms with van der Waals surface area (Å²) in [5.41, 5.74) is 4.95. The number of nitriles is 1. The fourth-order valence-corrected chi connectivity index (χ4v) is 7.59. The van der Waals surface area contributed by atoms with E-state index in [1.807, 2.05) is 24.2 Å². The van der Waals surface area contributed by atoms with E-state index >= 15 is 0 Å². The number of fused-ring (bicyclic) bond motifs is 1. The van der Waals surface area contributed by atoms with Gasteiger partial charge in [0.05, 0.1) is 5.69 Å². The second-order valence-electron chi connectivity index (χ2n) is 12.3. The summed E-state index contributed by atoms with van der Waals surface area (Å²) in [6.45, 7) is 5.56. The van der Waals surface area contributed by atoms with Crippen molar-refractivity contribution in [2.75, 3.05) is 43.0 Å². The van der Waals surface area contributed by atoms with E-state index in [0.717, 1.165) is 86.0 Å². The summed E-state index contributed by atoms with van der Waals surface area (Å²) in [7, 11) is 1.93. The molecule has 7 rings (SSSR count). The zero-order valence-corrected chi connectivity index (χ0v) is 27.5. The van der Waals surface area contributed by atoms with Crippen LogP contribution in [-0.2, 0) is 11.2 Å². The number of aromatic nitrogens is 4. The van der Waals surface area contributed by atoms with Gasteiger partial charge in [0, 0.05) is 68.2 Å². The standard InChI is InChI=1S/C36H37FN8OS/c1-3-29-34(42(2)36-41-33(30(21-38)47-36)24-7-11-28(37)12-8-24)45-23-27(10-14-32(45)40-29)26-9-13-31(39-22-26)43-19-15-25(16-20-43)35(46)44-17-5-4-6-18-44/h7-14,22-23,25H,3-6,15-20H2,1-2H3. The maximum atomic E-state index is 13.6. The molecule has 2 aliphatic rings. The molecular weight excluding hydrogens is 612 g/mol. The van der Waals surface area contributed by atoms with Crippen LogP contribution < -0.4 is 9.80 Å². The van der Waals surface area contributed by atoms with Gasteiger partial charge in [0.2, 0.25) is 5.91 Å². The number of thiazole rings is 1. The molecular formula is C36H37FN8OS. The normalized spacial score (nSPS) is 15.6. The molecule has 2 aliphatic heterocycles. The predicted molar refractivity (Wildman–Crippen MR) is 183 cm³/mol. The number of nitrogens with zero attached hydrogens (tertiary/aromatic N) is 8. The van der Waals surface area contributed by atoms with Gasteiger partial charge in [0.25, 0.3) is 0 Å². The summed E-state index contributed by atoms with van der Waals surface area (Å²) in [5.74, 6) is 1.94.